The van der Waals surface area contributed by atoms with Gasteiger partial charge in [0.15, 0.2) is 6.29 Å². The summed E-state index contributed by atoms with van der Waals surface area (Å²) in [5.41, 5.74) is -1.28. The summed E-state index contributed by atoms with van der Waals surface area (Å²) < 4.78 is 19.9. The molecular formula is C42H66N2O8. The van der Waals surface area contributed by atoms with Crippen molar-refractivity contribution in [1.29, 1.82) is 0 Å². The maximum Gasteiger partial charge on any atom is 0.329 e. The van der Waals surface area contributed by atoms with Crippen molar-refractivity contribution >= 4 is 17.8 Å². The number of aliphatic carboxylic acids is 1. The van der Waals surface area contributed by atoms with E-state index < -0.39 is 17.6 Å². The standard InChI is InChI=1S/C42H66N2O8/c1-24-19-27(21-44(25(2)45)38(5,6)36(48)49)51-34-33(24)39(7)15-16-42-23-41(42)14-13-30(37(3,4)28(41)11-12-29(42)40(39,8)35(34)47)52-32-22-43(17-18-50-32)31(46)20-26-9-10-26/h24,26-30,32-35,47H,9-23H2,1-8H3,(H,48,49)/t24-,27-,28+,29+,30+,32+,33+,34+,35+,39-,40-,41-,42+/m1/s1. The van der Waals surface area contributed by atoms with Crippen molar-refractivity contribution in [2.75, 3.05) is 26.2 Å². The fourth-order valence-corrected chi connectivity index (χ4v) is 14.6. The van der Waals surface area contributed by atoms with Crippen LogP contribution >= 0.6 is 0 Å². The van der Waals surface area contributed by atoms with E-state index in [1.807, 2.05) is 4.90 Å². The fourth-order valence-electron chi connectivity index (χ4n) is 14.6. The molecule has 8 rings (SSSR count). The van der Waals surface area contributed by atoms with Crippen molar-refractivity contribution in [3.8, 4) is 0 Å². The summed E-state index contributed by atoms with van der Waals surface area (Å²) in [4.78, 5) is 41.2. The van der Waals surface area contributed by atoms with Crippen LogP contribution in [0.25, 0.3) is 0 Å². The van der Waals surface area contributed by atoms with E-state index in [0.29, 0.717) is 43.9 Å². The van der Waals surface area contributed by atoms with Gasteiger partial charge in [-0.2, -0.15) is 0 Å². The van der Waals surface area contributed by atoms with E-state index in [4.69, 9.17) is 14.2 Å². The minimum atomic E-state index is -1.35. The number of carboxylic acids is 1. The molecule has 8 fully saturated rings. The van der Waals surface area contributed by atoms with E-state index in [1.54, 1.807) is 13.8 Å². The molecule has 0 bridgehead atoms. The van der Waals surface area contributed by atoms with Crippen LogP contribution in [0.5, 0.6) is 0 Å². The Morgan fingerprint density at radius 2 is 1.67 bits per heavy atom. The second-order valence-corrected chi connectivity index (χ2v) is 20.5. The second kappa shape index (κ2) is 12.1. The number of carboxylic acid groups (broad SMARTS) is 1. The summed E-state index contributed by atoms with van der Waals surface area (Å²) in [5, 5.41) is 22.6. The SMILES string of the molecule is CC(=O)N(C[C@H]1C[C@@H](C)[C@H]2[C@H](O1)[C@H](O)[C@@]1(C)[C@@H]3CC[C@H]4C(C)(C)[C@@H](O[C@H]5CN(C(=O)CC6CC6)CCO5)CC[C@@]45C[C@@]35CC[C@]21C)C(C)(C)C(=O)O. The summed E-state index contributed by atoms with van der Waals surface area (Å²) in [6.45, 7) is 18.5. The Balaban J connectivity index is 0.992. The Bertz CT molecular complexity index is 1480. The summed E-state index contributed by atoms with van der Waals surface area (Å²) in [5.74, 6) is 0.940. The van der Waals surface area contributed by atoms with Crippen LogP contribution in [0.2, 0.25) is 0 Å². The zero-order chi connectivity index (χ0) is 37.4. The molecule has 0 aromatic carbocycles. The van der Waals surface area contributed by atoms with E-state index >= 15 is 0 Å². The third-order valence-corrected chi connectivity index (χ3v) is 17.6. The lowest BCUT2D eigenvalue weighted by Crippen LogP contribution is -2.60. The highest BCUT2D eigenvalue weighted by Gasteiger charge is 2.84. The summed E-state index contributed by atoms with van der Waals surface area (Å²) in [6, 6.07) is 0. The van der Waals surface area contributed by atoms with Gasteiger partial charge in [-0.05, 0) is 129 Å². The van der Waals surface area contributed by atoms with Crippen LogP contribution in [0.15, 0.2) is 0 Å². The number of carbonyl (C=O) groups is 3. The quantitative estimate of drug-likeness (QED) is 0.318. The molecule has 0 radical (unpaired) electrons. The van der Waals surface area contributed by atoms with Crippen LogP contribution in [0.4, 0.5) is 0 Å². The number of hydrogen-bond acceptors (Lipinski definition) is 7. The van der Waals surface area contributed by atoms with Crippen LogP contribution in [0.1, 0.15) is 126 Å². The Kier molecular flexibility index (Phi) is 8.67. The maximum absolute atomic E-state index is 12.9. The van der Waals surface area contributed by atoms with Crippen molar-refractivity contribution in [3.63, 3.8) is 0 Å². The predicted molar refractivity (Wildman–Crippen MR) is 194 cm³/mol. The number of ether oxygens (including phenoxy) is 3. The van der Waals surface area contributed by atoms with Gasteiger partial charge in [-0.25, -0.2) is 4.79 Å². The minimum Gasteiger partial charge on any atom is -0.480 e. The fraction of sp³-hybridized carbons (Fsp3) is 0.929. The molecule has 0 aromatic heterocycles. The number of hydrogen-bond donors (Lipinski definition) is 2. The number of rotatable bonds is 8. The van der Waals surface area contributed by atoms with Crippen LogP contribution in [0, 0.1) is 56.7 Å². The highest BCUT2D eigenvalue weighted by atomic mass is 16.7. The van der Waals surface area contributed by atoms with Gasteiger partial charge < -0.3 is 34.2 Å². The number of nitrogens with zero attached hydrogens (tertiary/aromatic N) is 2. The molecule has 8 aliphatic rings. The van der Waals surface area contributed by atoms with Crippen LogP contribution in [-0.4, -0.2) is 100 Å². The monoisotopic (exact) mass is 726 g/mol. The molecule has 2 heterocycles. The molecule has 2 amide bonds. The molecule has 6 saturated carbocycles. The van der Waals surface area contributed by atoms with Gasteiger partial charge in [-0.15, -0.1) is 0 Å². The summed E-state index contributed by atoms with van der Waals surface area (Å²) >= 11 is 0. The first-order valence-corrected chi connectivity index (χ1v) is 20.7. The topological polar surface area (TPSA) is 126 Å². The van der Waals surface area contributed by atoms with Gasteiger partial charge in [0, 0.05) is 31.8 Å². The van der Waals surface area contributed by atoms with E-state index in [1.165, 1.54) is 37.5 Å². The zero-order valence-corrected chi connectivity index (χ0v) is 33.1. The minimum absolute atomic E-state index is 0.0303. The van der Waals surface area contributed by atoms with Gasteiger partial charge in [-0.1, -0.05) is 34.6 Å². The Labute approximate surface area is 311 Å². The first-order chi connectivity index (χ1) is 24.3. The lowest BCUT2D eigenvalue weighted by Gasteiger charge is -2.64. The molecule has 2 spiro atoms. The van der Waals surface area contributed by atoms with E-state index in [9.17, 15) is 24.6 Å². The number of morpholine rings is 1. The van der Waals surface area contributed by atoms with Crippen molar-refractivity contribution in [3.05, 3.63) is 0 Å². The molecule has 13 atom stereocenters. The van der Waals surface area contributed by atoms with Gasteiger partial charge >= 0.3 is 5.97 Å². The van der Waals surface area contributed by atoms with Gasteiger partial charge in [0.05, 0.1) is 37.6 Å². The predicted octanol–water partition coefficient (Wildman–Crippen LogP) is 5.88. The lowest BCUT2D eigenvalue weighted by molar-refractivity contribution is -0.248. The molecule has 2 N–H and O–H groups in total. The summed E-state index contributed by atoms with van der Waals surface area (Å²) in [7, 11) is 0. The number of fused-ring (bicyclic) bond motifs is 4. The molecule has 292 valence electrons. The number of carbonyl (C=O) groups excluding carboxylic acids is 2. The molecule has 10 heteroatoms. The molecule has 52 heavy (non-hydrogen) atoms. The van der Waals surface area contributed by atoms with E-state index in [2.05, 4.69) is 34.6 Å². The smallest absolute Gasteiger partial charge is 0.329 e. The van der Waals surface area contributed by atoms with Crippen LogP contribution < -0.4 is 0 Å². The Morgan fingerprint density at radius 3 is 2.35 bits per heavy atom. The normalized spacial score (nSPS) is 47.6. The maximum atomic E-state index is 12.9. The summed E-state index contributed by atoms with van der Waals surface area (Å²) in [6.07, 6.45) is 10.1. The lowest BCUT2D eigenvalue weighted by atomic mass is 9.41. The van der Waals surface area contributed by atoms with Crippen molar-refractivity contribution in [1.82, 2.24) is 9.80 Å². The molecule has 0 aromatic rings. The van der Waals surface area contributed by atoms with E-state index in [0.717, 1.165) is 38.5 Å². The average molecular weight is 727 g/mol. The second-order valence-electron chi connectivity index (χ2n) is 20.5. The molecule has 2 saturated heterocycles. The van der Waals surface area contributed by atoms with Crippen LogP contribution in [0.3, 0.4) is 0 Å². The molecule has 6 aliphatic carbocycles. The Hall–Kier alpha value is -1.75. The largest absolute Gasteiger partial charge is 0.480 e. The number of amides is 2. The van der Waals surface area contributed by atoms with Crippen molar-refractivity contribution in [2.24, 2.45) is 56.7 Å². The first kappa shape index (κ1) is 37.2. The van der Waals surface area contributed by atoms with Gasteiger partial charge in [-0.3, -0.25) is 9.59 Å². The van der Waals surface area contributed by atoms with Gasteiger partial charge in [0.25, 0.3) is 0 Å². The first-order valence-electron chi connectivity index (χ1n) is 20.7. The van der Waals surface area contributed by atoms with Crippen LogP contribution in [-0.2, 0) is 28.6 Å². The highest BCUT2D eigenvalue weighted by Crippen LogP contribution is 2.89. The van der Waals surface area contributed by atoms with Gasteiger partial charge in [0.1, 0.15) is 5.54 Å². The third-order valence-electron chi connectivity index (χ3n) is 17.6. The third kappa shape index (κ3) is 5.11. The highest BCUT2D eigenvalue weighted by molar-refractivity contribution is 5.85. The van der Waals surface area contributed by atoms with Gasteiger partial charge in [0.2, 0.25) is 11.8 Å². The zero-order valence-electron chi connectivity index (χ0n) is 33.1. The number of aliphatic hydroxyl groups excluding tert-OH is 1. The molecule has 2 aliphatic heterocycles. The Morgan fingerprint density at radius 1 is 0.981 bits per heavy atom. The molecular weight excluding hydrogens is 660 g/mol. The molecule has 10 nitrogen and oxygen atoms in total. The number of aliphatic hydroxyl groups is 1. The van der Waals surface area contributed by atoms with Crippen molar-refractivity contribution < 1.29 is 38.8 Å². The van der Waals surface area contributed by atoms with Crippen molar-refractivity contribution in [2.45, 2.75) is 162 Å². The van der Waals surface area contributed by atoms with E-state index in [-0.39, 0.29) is 81.9 Å². The molecule has 0 unspecified atom stereocenters. The average Bonchev–Trinajstić information content (AvgIpc) is 4.00.